The fraction of sp³-hybridized carbons (Fsp3) is 0.625. The van der Waals surface area contributed by atoms with E-state index >= 15 is 0 Å². The monoisotopic (exact) mass is 151 g/mol. The van der Waals surface area contributed by atoms with Crippen LogP contribution in [0.1, 0.15) is 31.4 Å². The summed E-state index contributed by atoms with van der Waals surface area (Å²) in [5, 5.41) is 6.85. The van der Waals surface area contributed by atoms with E-state index in [9.17, 15) is 0 Å². The summed E-state index contributed by atoms with van der Waals surface area (Å²) in [6, 6.07) is 1.93. The molecule has 11 heavy (non-hydrogen) atoms. The summed E-state index contributed by atoms with van der Waals surface area (Å²) < 4.78 is 0. The summed E-state index contributed by atoms with van der Waals surface area (Å²) >= 11 is 0. The zero-order valence-electron chi connectivity index (χ0n) is 6.67. The highest BCUT2D eigenvalue weighted by Gasteiger charge is 2.29. The molecule has 1 aliphatic carbocycles. The highest BCUT2D eigenvalue weighted by atomic mass is 15.2. The SMILES string of the molecule is CC(c1cc(N)n[nH]1)C1CC1. The van der Waals surface area contributed by atoms with Crippen LogP contribution in [0.3, 0.4) is 0 Å². The Morgan fingerprint density at radius 2 is 2.45 bits per heavy atom. The van der Waals surface area contributed by atoms with Gasteiger partial charge in [-0.1, -0.05) is 6.92 Å². The van der Waals surface area contributed by atoms with E-state index in [1.165, 1.54) is 18.5 Å². The van der Waals surface area contributed by atoms with Crippen molar-refractivity contribution in [2.45, 2.75) is 25.7 Å². The molecule has 0 aliphatic heterocycles. The first kappa shape index (κ1) is 6.70. The number of anilines is 1. The Hall–Kier alpha value is -0.990. The summed E-state index contributed by atoms with van der Waals surface area (Å²) in [4.78, 5) is 0. The lowest BCUT2D eigenvalue weighted by Gasteiger charge is -2.04. The van der Waals surface area contributed by atoms with Crippen molar-refractivity contribution >= 4 is 5.82 Å². The number of nitrogens with two attached hydrogens (primary N) is 1. The van der Waals surface area contributed by atoms with Crippen molar-refractivity contribution in [3.63, 3.8) is 0 Å². The van der Waals surface area contributed by atoms with Gasteiger partial charge in [0.25, 0.3) is 0 Å². The van der Waals surface area contributed by atoms with E-state index < -0.39 is 0 Å². The minimum Gasteiger partial charge on any atom is -0.382 e. The molecule has 0 radical (unpaired) electrons. The molecule has 3 N–H and O–H groups in total. The van der Waals surface area contributed by atoms with Crippen molar-refractivity contribution in [3.05, 3.63) is 11.8 Å². The van der Waals surface area contributed by atoms with Gasteiger partial charge in [0.15, 0.2) is 0 Å². The fourth-order valence-corrected chi connectivity index (χ4v) is 1.44. The van der Waals surface area contributed by atoms with E-state index in [1.54, 1.807) is 0 Å². The maximum Gasteiger partial charge on any atom is 0.145 e. The van der Waals surface area contributed by atoms with Gasteiger partial charge >= 0.3 is 0 Å². The van der Waals surface area contributed by atoms with Crippen LogP contribution in [0.5, 0.6) is 0 Å². The molecule has 1 aliphatic rings. The Morgan fingerprint density at radius 1 is 1.73 bits per heavy atom. The molecule has 1 heterocycles. The maximum absolute atomic E-state index is 5.49. The highest BCUT2D eigenvalue weighted by Crippen LogP contribution is 2.41. The first-order valence-electron chi connectivity index (χ1n) is 4.08. The third kappa shape index (κ3) is 1.23. The number of nitrogens with one attached hydrogen (secondary N) is 1. The second-order valence-corrected chi connectivity index (χ2v) is 3.37. The Labute approximate surface area is 66.0 Å². The first-order chi connectivity index (χ1) is 5.27. The highest BCUT2D eigenvalue weighted by molar-refractivity contribution is 5.30. The summed E-state index contributed by atoms with van der Waals surface area (Å²) in [6.07, 6.45) is 2.72. The van der Waals surface area contributed by atoms with Gasteiger partial charge in [0.2, 0.25) is 0 Å². The minimum absolute atomic E-state index is 0.604. The lowest BCUT2D eigenvalue weighted by molar-refractivity contribution is 0.641. The van der Waals surface area contributed by atoms with E-state index in [4.69, 9.17) is 5.73 Å². The van der Waals surface area contributed by atoms with Crippen LogP contribution in [-0.2, 0) is 0 Å². The van der Waals surface area contributed by atoms with Gasteiger partial charge < -0.3 is 5.73 Å². The van der Waals surface area contributed by atoms with Crippen LogP contribution in [0, 0.1) is 5.92 Å². The molecule has 0 amide bonds. The standard InChI is InChI=1S/C8H13N3/c1-5(6-2-3-6)7-4-8(9)11-10-7/h4-6H,2-3H2,1H3,(H3,9,10,11). The van der Waals surface area contributed by atoms with Crippen molar-refractivity contribution in [1.82, 2.24) is 10.2 Å². The van der Waals surface area contributed by atoms with Gasteiger partial charge in [-0.05, 0) is 18.8 Å². The molecule has 3 nitrogen and oxygen atoms in total. The lowest BCUT2D eigenvalue weighted by Crippen LogP contribution is -1.95. The average Bonchev–Trinajstić information content (AvgIpc) is 2.74. The topological polar surface area (TPSA) is 54.7 Å². The molecule has 0 aromatic carbocycles. The van der Waals surface area contributed by atoms with Gasteiger partial charge in [-0.3, -0.25) is 5.10 Å². The third-order valence-corrected chi connectivity index (χ3v) is 2.44. The quantitative estimate of drug-likeness (QED) is 0.673. The zero-order valence-corrected chi connectivity index (χ0v) is 6.67. The van der Waals surface area contributed by atoms with Gasteiger partial charge in [-0.25, -0.2) is 0 Å². The van der Waals surface area contributed by atoms with E-state index in [0.717, 1.165) is 5.92 Å². The number of aromatic nitrogens is 2. The Morgan fingerprint density at radius 3 is 2.91 bits per heavy atom. The number of hydrogen-bond donors (Lipinski definition) is 2. The van der Waals surface area contributed by atoms with Crippen LogP contribution < -0.4 is 5.73 Å². The predicted molar refractivity (Wildman–Crippen MR) is 44.1 cm³/mol. The average molecular weight is 151 g/mol. The zero-order chi connectivity index (χ0) is 7.84. The number of H-pyrrole nitrogens is 1. The largest absolute Gasteiger partial charge is 0.382 e. The second kappa shape index (κ2) is 2.26. The van der Waals surface area contributed by atoms with Gasteiger partial charge in [0, 0.05) is 17.7 Å². The maximum atomic E-state index is 5.49. The van der Waals surface area contributed by atoms with Crippen molar-refractivity contribution in [2.24, 2.45) is 5.92 Å². The minimum atomic E-state index is 0.604. The summed E-state index contributed by atoms with van der Waals surface area (Å²) in [7, 11) is 0. The number of hydrogen-bond acceptors (Lipinski definition) is 2. The number of aromatic amines is 1. The summed E-state index contributed by atoms with van der Waals surface area (Å²) in [5.41, 5.74) is 6.68. The molecule has 1 atom stereocenters. The van der Waals surface area contributed by atoms with Crippen LogP contribution in [-0.4, -0.2) is 10.2 Å². The molecule has 1 unspecified atom stereocenters. The van der Waals surface area contributed by atoms with E-state index in [2.05, 4.69) is 17.1 Å². The van der Waals surface area contributed by atoms with Crippen LogP contribution in [0.25, 0.3) is 0 Å². The van der Waals surface area contributed by atoms with Crippen LogP contribution >= 0.6 is 0 Å². The van der Waals surface area contributed by atoms with E-state index in [-0.39, 0.29) is 0 Å². The van der Waals surface area contributed by atoms with Crippen LogP contribution in [0.4, 0.5) is 5.82 Å². The molecule has 2 rings (SSSR count). The fourth-order valence-electron chi connectivity index (χ4n) is 1.44. The molecule has 60 valence electrons. The second-order valence-electron chi connectivity index (χ2n) is 3.37. The predicted octanol–water partition coefficient (Wildman–Crippen LogP) is 1.51. The van der Waals surface area contributed by atoms with Crippen molar-refractivity contribution in [1.29, 1.82) is 0 Å². The summed E-state index contributed by atoms with van der Waals surface area (Å²) in [5.74, 6) is 2.09. The smallest absolute Gasteiger partial charge is 0.145 e. The van der Waals surface area contributed by atoms with Crippen molar-refractivity contribution in [3.8, 4) is 0 Å². The lowest BCUT2D eigenvalue weighted by atomic mass is 10.0. The van der Waals surface area contributed by atoms with Gasteiger partial charge in [-0.15, -0.1) is 0 Å². The van der Waals surface area contributed by atoms with Gasteiger partial charge in [0.1, 0.15) is 5.82 Å². The number of nitrogen functional groups attached to an aromatic ring is 1. The van der Waals surface area contributed by atoms with Crippen LogP contribution in [0.2, 0.25) is 0 Å². The van der Waals surface area contributed by atoms with E-state index in [0.29, 0.717) is 11.7 Å². The third-order valence-electron chi connectivity index (χ3n) is 2.44. The normalized spacial score (nSPS) is 20.1. The molecule has 1 aromatic rings. The van der Waals surface area contributed by atoms with Crippen molar-refractivity contribution < 1.29 is 0 Å². The molecule has 1 fully saturated rings. The summed E-state index contributed by atoms with van der Waals surface area (Å²) in [6.45, 7) is 2.23. The first-order valence-corrected chi connectivity index (χ1v) is 4.08. The van der Waals surface area contributed by atoms with Gasteiger partial charge in [-0.2, -0.15) is 5.10 Å². The molecule has 1 aromatic heterocycles. The molecular weight excluding hydrogens is 138 g/mol. The molecular formula is C8H13N3. The number of nitrogens with zero attached hydrogens (tertiary/aromatic N) is 1. The van der Waals surface area contributed by atoms with Crippen molar-refractivity contribution in [2.75, 3.05) is 5.73 Å². The molecule has 1 saturated carbocycles. The van der Waals surface area contributed by atoms with E-state index in [1.807, 2.05) is 6.07 Å². The molecule has 0 bridgehead atoms. The Kier molecular flexibility index (Phi) is 1.37. The molecule has 0 spiro atoms. The molecule has 0 saturated heterocycles. The van der Waals surface area contributed by atoms with Crippen LogP contribution in [0.15, 0.2) is 6.07 Å². The Balaban J connectivity index is 2.14. The Bertz CT molecular complexity index is 250. The van der Waals surface area contributed by atoms with Gasteiger partial charge in [0.05, 0.1) is 0 Å². The number of rotatable bonds is 2. The molecule has 3 heteroatoms.